The lowest BCUT2D eigenvalue weighted by molar-refractivity contribution is 0.101. The van der Waals surface area contributed by atoms with E-state index in [9.17, 15) is 4.79 Å². The zero-order valence-corrected chi connectivity index (χ0v) is 14.5. The first-order valence-corrected chi connectivity index (χ1v) is 8.88. The molecule has 0 saturated carbocycles. The zero-order valence-electron chi connectivity index (χ0n) is 13.7. The van der Waals surface area contributed by atoms with Crippen molar-refractivity contribution in [1.29, 1.82) is 0 Å². The quantitative estimate of drug-likeness (QED) is 0.604. The molecule has 0 bridgehead atoms. The molecule has 0 amide bonds. The van der Waals surface area contributed by atoms with Crippen molar-refractivity contribution < 1.29 is 14.3 Å². The van der Waals surface area contributed by atoms with E-state index in [4.69, 9.17) is 9.47 Å². The molecule has 1 aromatic heterocycles. The Hall–Kier alpha value is -2.85. The summed E-state index contributed by atoms with van der Waals surface area (Å²) in [5.74, 6) is 1.51. The van der Waals surface area contributed by atoms with E-state index >= 15 is 0 Å². The first-order chi connectivity index (χ1) is 12.2. The van der Waals surface area contributed by atoms with Gasteiger partial charge in [-0.05, 0) is 41.6 Å². The second-order valence-corrected chi connectivity index (χ2v) is 6.79. The molecule has 1 aliphatic rings. The average Bonchev–Trinajstić information content (AvgIpc) is 3.18. The second-order valence-electron chi connectivity index (χ2n) is 5.84. The van der Waals surface area contributed by atoms with Crippen molar-refractivity contribution in [3.8, 4) is 11.5 Å². The van der Waals surface area contributed by atoms with Crippen LogP contribution in [-0.2, 0) is 6.61 Å². The molecule has 0 aliphatic carbocycles. The summed E-state index contributed by atoms with van der Waals surface area (Å²) in [7, 11) is 0. The van der Waals surface area contributed by atoms with E-state index in [2.05, 4.69) is 0 Å². The Bertz CT molecular complexity index is 954. The van der Waals surface area contributed by atoms with Crippen molar-refractivity contribution >= 4 is 23.2 Å². The molecule has 124 valence electrons. The number of allylic oxidation sites excluding steroid dienone is 1. The van der Waals surface area contributed by atoms with Gasteiger partial charge in [0.05, 0.1) is 5.56 Å². The summed E-state index contributed by atoms with van der Waals surface area (Å²) in [6.45, 7) is 2.50. The number of rotatable bonds is 4. The number of aryl methyl sites for hydroxylation is 1. The van der Waals surface area contributed by atoms with Crippen LogP contribution in [0.5, 0.6) is 11.5 Å². The standard InChI is InChI=1S/C21H16O3S/c1-14-9-10-25-20(14)12-19-21(22)17-8-7-16(11-18(17)24-19)23-13-15-5-3-2-4-6-15/h2-12H,13H2,1H3/b19-12-. The molecule has 0 unspecified atom stereocenters. The van der Waals surface area contributed by atoms with Gasteiger partial charge in [-0.1, -0.05) is 30.3 Å². The van der Waals surface area contributed by atoms with Crippen LogP contribution >= 0.6 is 11.3 Å². The van der Waals surface area contributed by atoms with E-state index in [1.807, 2.05) is 60.8 Å². The van der Waals surface area contributed by atoms with E-state index < -0.39 is 0 Å². The van der Waals surface area contributed by atoms with Crippen molar-refractivity contribution in [1.82, 2.24) is 0 Å². The summed E-state index contributed by atoms with van der Waals surface area (Å²) < 4.78 is 11.6. The first-order valence-electron chi connectivity index (χ1n) is 8.00. The summed E-state index contributed by atoms with van der Waals surface area (Å²) in [6.07, 6.45) is 1.81. The van der Waals surface area contributed by atoms with Crippen LogP contribution in [0.15, 0.2) is 65.7 Å². The number of carbonyl (C=O) groups excluding carboxylic acids is 1. The number of hydrogen-bond donors (Lipinski definition) is 0. The number of thiophene rings is 1. The molecule has 0 saturated heterocycles. The van der Waals surface area contributed by atoms with Gasteiger partial charge in [-0.2, -0.15) is 0 Å². The summed E-state index contributed by atoms with van der Waals surface area (Å²) in [6, 6.07) is 17.3. The highest BCUT2D eigenvalue weighted by atomic mass is 32.1. The molecule has 3 aromatic rings. The van der Waals surface area contributed by atoms with Crippen molar-refractivity contribution in [2.45, 2.75) is 13.5 Å². The number of fused-ring (bicyclic) bond motifs is 1. The second kappa shape index (κ2) is 6.57. The van der Waals surface area contributed by atoms with E-state index in [1.165, 1.54) is 0 Å². The first kappa shape index (κ1) is 15.7. The molecular formula is C21H16O3S. The highest BCUT2D eigenvalue weighted by Gasteiger charge is 2.28. The van der Waals surface area contributed by atoms with Gasteiger partial charge in [0.15, 0.2) is 5.76 Å². The Morgan fingerprint density at radius 2 is 1.96 bits per heavy atom. The molecule has 0 fully saturated rings. The lowest BCUT2D eigenvalue weighted by atomic mass is 10.1. The van der Waals surface area contributed by atoms with Gasteiger partial charge in [-0.15, -0.1) is 11.3 Å². The molecule has 0 radical (unpaired) electrons. The number of ketones is 1. The van der Waals surface area contributed by atoms with E-state index in [0.29, 0.717) is 29.4 Å². The Balaban J connectivity index is 1.53. The molecule has 2 aromatic carbocycles. The van der Waals surface area contributed by atoms with Crippen LogP contribution in [0.4, 0.5) is 0 Å². The summed E-state index contributed by atoms with van der Waals surface area (Å²) >= 11 is 1.59. The van der Waals surface area contributed by atoms with Crippen LogP contribution in [0.2, 0.25) is 0 Å². The van der Waals surface area contributed by atoms with Crippen molar-refractivity contribution in [3.05, 3.63) is 87.3 Å². The fourth-order valence-corrected chi connectivity index (χ4v) is 3.50. The summed E-state index contributed by atoms with van der Waals surface area (Å²) in [4.78, 5) is 13.5. The predicted molar refractivity (Wildman–Crippen MR) is 99.2 cm³/mol. The molecule has 0 N–H and O–H groups in total. The maximum atomic E-state index is 12.5. The number of carbonyl (C=O) groups is 1. The van der Waals surface area contributed by atoms with Crippen molar-refractivity contribution in [2.75, 3.05) is 0 Å². The van der Waals surface area contributed by atoms with E-state index in [-0.39, 0.29) is 5.78 Å². The number of benzene rings is 2. The minimum Gasteiger partial charge on any atom is -0.489 e. The largest absolute Gasteiger partial charge is 0.489 e. The average molecular weight is 348 g/mol. The lowest BCUT2D eigenvalue weighted by Gasteiger charge is -2.07. The van der Waals surface area contributed by atoms with Crippen LogP contribution < -0.4 is 9.47 Å². The SMILES string of the molecule is Cc1ccsc1/C=C1\Oc2cc(OCc3ccccc3)ccc2C1=O. The van der Waals surface area contributed by atoms with Gasteiger partial charge in [0.2, 0.25) is 5.78 Å². The smallest absolute Gasteiger partial charge is 0.232 e. The minimum absolute atomic E-state index is 0.0857. The van der Waals surface area contributed by atoms with Gasteiger partial charge in [0.1, 0.15) is 18.1 Å². The molecule has 25 heavy (non-hydrogen) atoms. The lowest BCUT2D eigenvalue weighted by Crippen LogP contribution is -1.97. The number of Topliss-reactive ketones (excluding diaryl/α,β-unsaturated/α-hetero) is 1. The maximum Gasteiger partial charge on any atom is 0.232 e. The molecule has 4 heteroatoms. The number of hydrogen-bond acceptors (Lipinski definition) is 4. The molecule has 4 rings (SSSR count). The molecule has 2 heterocycles. The van der Waals surface area contributed by atoms with Crippen molar-refractivity contribution in [3.63, 3.8) is 0 Å². The van der Waals surface area contributed by atoms with E-state index in [1.54, 1.807) is 23.5 Å². The van der Waals surface area contributed by atoms with Crippen LogP contribution in [0.3, 0.4) is 0 Å². The fourth-order valence-electron chi connectivity index (χ4n) is 2.65. The van der Waals surface area contributed by atoms with Gasteiger partial charge >= 0.3 is 0 Å². The summed E-state index contributed by atoms with van der Waals surface area (Å²) in [5.41, 5.74) is 2.80. The third-order valence-electron chi connectivity index (χ3n) is 4.05. The Labute approximate surface area is 150 Å². The third kappa shape index (κ3) is 3.21. The highest BCUT2D eigenvalue weighted by molar-refractivity contribution is 7.11. The minimum atomic E-state index is -0.0857. The highest BCUT2D eigenvalue weighted by Crippen LogP contribution is 2.35. The fraction of sp³-hybridized carbons (Fsp3) is 0.0952. The van der Waals surface area contributed by atoms with Gasteiger partial charge in [0, 0.05) is 17.0 Å². The Morgan fingerprint density at radius 1 is 1.12 bits per heavy atom. The molecule has 0 atom stereocenters. The maximum absolute atomic E-state index is 12.5. The van der Waals surface area contributed by atoms with Crippen molar-refractivity contribution in [2.24, 2.45) is 0 Å². The zero-order chi connectivity index (χ0) is 17.2. The topological polar surface area (TPSA) is 35.5 Å². The van der Waals surface area contributed by atoms with Gasteiger partial charge in [0.25, 0.3) is 0 Å². The van der Waals surface area contributed by atoms with Gasteiger partial charge < -0.3 is 9.47 Å². The Morgan fingerprint density at radius 3 is 2.72 bits per heavy atom. The molecular weight excluding hydrogens is 332 g/mol. The third-order valence-corrected chi connectivity index (χ3v) is 5.02. The predicted octanol–water partition coefficient (Wildman–Crippen LogP) is 5.25. The van der Waals surface area contributed by atoms with Crippen LogP contribution in [-0.4, -0.2) is 5.78 Å². The van der Waals surface area contributed by atoms with Crippen LogP contribution in [0.25, 0.3) is 6.08 Å². The molecule has 1 aliphatic heterocycles. The van der Waals surface area contributed by atoms with Crippen LogP contribution in [0, 0.1) is 6.92 Å². The number of ether oxygens (including phenoxy) is 2. The molecule has 0 spiro atoms. The normalized spacial score (nSPS) is 14.4. The van der Waals surface area contributed by atoms with Gasteiger partial charge in [-0.3, -0.25) is 4.79 Å². The van der Waals surface area contributed by atoms with Crippen LogP contribution in [0.1, 0.15) is 26.4 Å². The summed E-state index contributed by atoms with van der Waals surface area (Å²) in [5, 5.41) is 2.00. The molecule has 3 nitrogen and oxygen atoms in total. The van der Waals surface area contributed by atoms with E-state index in [0.717, 1.165) is 16.0 Å². The monoisotopic (exact) mass is 348 g/mol. The van der Waals surface area contributed by atoms with Gasteiger partial charge in [-0.25, -0.2) is 0 Å². The Kier molecular flexibility index (Phi) is 4.12.